The summed E-state index contributed by atoms with van der Waals surface area (Å²) in [6, 6.07) is 14.4. The van der Waals surface area contributed by atoms with E-state index < -0.39 is 11.5 Å². The number of nitrogens with one attached hydrogen (secondary N) is 1. The van der Waals surface area contributed by atoms with Crippen molar-refractivity contribution in [2.24, 2.45) is 5.73 Å². The van der Waals surface area contributed by atoms with Crippen molar-refractivity contribution in [1.82, 2.24) is 4.98 Å². The molecule has 0 spiro atoms. The summed E-state index contributed by atoms with van der Waals surface area (Å²) < 4.78 is 5.31. The third-order valence-electron chi connectivity index (χ3n) is 4.18. The molecule has 0 radical (unpaired) electrons. The second kappa shape index (κ2) is 8.60. The van der Waals surface area contributed by atoms with Gasteiger partial charge in [-0.25, -0.2) is 0 Å². The van der Waals surface area contributed by atoms with Gasteiger partial charge in [0.25, 0.3) is 5.91 Å². The Labute approximate surface area is 172 Å². The van der Waals surface area contributed by atoms with E-state index in [0.717, 1.165) is 16.0 Å². The maximum Gasteiger partial charge on any atom is 0.251 e. The summed E-state index contributed by atoms with van der Waals surface area (Å²) in [5, 5.41) is 22.7. The number of primary amides is 1. The summed E-state index contributed by atoms with van der Waals surface area (Å²) >= 11 is 1.38. The van der Waals surface area contributed by atoms with Crippen LogP contribution in [0.1, 0.15) is 29.8 Å². The average molecular weight is 413 g/mol. The van der Waals surface area contributed by atoms with Gasteiger partial charge in [0.15, 0.2) is 0 Å². The highest BCUT2D eigenvalue weighted by Gasteiger charge is 2.18. The monoisotopic (exact) mass is 413 g/mol. The van der Waals surface area contributed by atoms with Gasteiger partial charge in [-0.05, 0) is 37.1 Å². The van der Waals surface area contributed by atoms with E-state index in [2.05, 4.69) is 10.3 Å². The highest BCUT2D eigenvalue weighted by molar-refractivity contribution is 7.19. The molecule has 0 aliphatic heterocycles. The van der Waals surface area contributed by atoms with E-state index in [0.29, 0.717) is 22.3 Å². The van der Waals surface area contributed by atoms with Crippen LogP contribution in [0.25, 0.3) is 10.4 Å². The SMILES string of the molecule is CC(C)(O)c1ccc(-c2cc(C(N)=O)c(Nc3cccc(OCCO)n3)s2)cc1. The Morgan fingerprint density at radius 1 is 1.24 bits per heavy atom. The fourth-order valence-electron chi connectivity index (χ4n) is 2.68. The van der Waals surface area contributed by atoms with Crippen LogP contribution in [0, 0.1) is 0 Å². The maximum absolute atomic E-state index is 11.9. The highest BCUT2D eigenvalue weighted by Crippen LogP contribution is 2.37. The molecule has 29 heavy (non-hydrogen) atoms. The van der Waals surface area contributed by atoms with Gasteiger partial charge in [-0.2, -0.15) is 4.98 Å². The molecule has 8 heteroatoms. The third kappa shape index (κ3) is 5.11. The Balaban J connectivity index is 1.89. The Bertz CT molecular complexity index is 994. The van der Waals surface area contributed by atoms with Crippen LogP contribution in [0.15, 0.2) is 48.5 Å². The van der Waals surface area contributed by atoms with Crippen LogP contribution in [0.4, 0.5) is 10.8 Å². The minimum atomic E-state index is -0.923. The first kappa shape index (κ1) is 20.8. The number of rotatable bonds is 8. The molecule has 2 aromatic heterocycles. The number of nitrogens with two attached hydrogens (primary N) is 1. The molecule has 7 nitrogen and oxygen atoms in total. The van der Waals surface area contributed by atoms with Crippen LogP contribution in [0.3, 0.4) is 0 Å². The van der Waals surface area contributed by atoms with Crippen molar-refractivity contribution < 1.29 is 19.7 Å². The third-order valence-corrected chi connectivity index (χ3v) is 5.28. The second-order valence-electron chi connectivity index (χ2n) is 6.91. The van der Waals surface area contributed by atoms with Crippen molar-refractivity contribution in [2.45, 2.75) is 19.4 Å². The number of benzene rings is 1. The summed E-state index contributed by atoms with van der Waals surface area (Å²) in [6.07, 6.45) is 0. The topological polar surface area (TPSA) is 118 Å². The first-order valence-corrected chi connectivity index (χ1v) is 9.84. The van der Waals surface area contributed by atoms with Crippen molar-refractivity contribution in [3.05, 3.63) is 59.7 Å². The van der Waals surface area contributed by atoms with E-state index in [-0.39, 0.29) is 13.2 Å². The molecule has 152 valence electrons. The largest absolute Gasteiger partial charge is 0.475 e. The Hall–Kier alpha value is -2.94. The number of aromatic nitrogens is 1. The van der Waals surface area contributed by atoms with Gasteiger partial charge in [-0.3, -0.25) is 4.79 Å². The fourth-order valence-corrected chi connectivity index (χ4v) is 3.76. The van der Waals surface area contributed by atoms with Crippen molar-refractivity contribution in [3.8, 4) is 16.3 Å². The molecular formula is C21H23N3O4S. The van der Waals surface area contributed by atoms with Gasteiger partial charge in [0.1, 0.15) is 17.4 Å². The number of pyridine rings is 1. The number of anilines is 2. The molecule has 0 saturated heterocycles. The number of nitrogens with zero attached hydrogens (tertiary/aromatic N) is 1. The minimum absolute atomic E-state index is 0.105. The van der Waals surface area contributed by atoms with Gasteiger partial charge >= 0.3 is 0 Å². The second-order valence-corrected chi connectivity index (χ2v) is 7.96. The molecule has 3 rings (SSSR count). The lowest BCUT2D eigenvalue weighted by molar-refractivity contribution is 0.0786. The number of ether oxygens (including phenoxy) is 1. The molecule has 0 aliphatic carbocycles. The van der Waals surface area contributed by atoms with Crippen LogP contribution in [0.2, 0.25) is 0 Å². The maximum atomic E-state index is 11.9. The lowest BCUT2D eigenvalue weighted by atomic mass is 9.97. The summed E-state index contributed by atoms with van der Waals surface area (Å²) in [7, 11) is 0. The zero-order valence-electron chi connectivity index (χ0n) is 16.2. The summed E-state index contributed by atoms with van der Waals surface area (Å²) in [6.45, 7) is 3.50. The molecule has 5 N–H and O–H groups in total. The molecule has 0 aliphatic rings. The lowest BCUT2D eigenvalue weighted by Crippen LogP contribution is -2.14. The number of carbonyl (C=O) groups excluding carboxylic acids is 1. The molecule has 1 aromatic carbocycles. The Morgan fingerprint density at radius 2 is 1.97 bits per heavy atom. The van der Waals surface area contributed by atoms with E-state index in [1.165, 1.54) is 11.3 Å². The number of thiophene rings is 1. The predicted molar refractivity (Wildman–Crippen MR) is 114 cm³/mol. The quantitative estimate of drug-likeness (QED) is 0.450. The van der Waals surface area contributed by atoms with Crippen LogP contribution in [-0.2, 0) is 5.60 Å². The van der Waals surface area contributed by atoms with Crippen LogP contribution >= 0.6 is 11.3 Å². The smallest absolute Gasteiger partial charge is 0.251 e. The molecule has 3 aromatic rings. The van der Waals surface area contributed by atoms with Gasteiger partial charge in [-0.1, -0.05) is 30.3 Å². The van der Waals surface area contributed by atoms with E-state index in [1.807, 2.05) is 24.3 Å². The van der Waals surface area contributed by atoms with Crippen molar-refractivity contribution in [1.29, 1.82) is 0 Å². The zero-order chi connectivity index (χ0) is 21.0. The van der Waals surface area contributed by atoms with Crippen molar-refractivity contribution >= 4 is 28.1 Å². The van der Waals surface area contributed by atoms with Gasteiger partial charge in [0.2, 0.25) is 5.88 Å². The predicted octanol–water partition coefficient (Wildman–Crippen LogP) is 3.25. The molecule has 0 atom stereocenters. The molecule has 0 saturated carbocycles. The van der Waals surface area contributed by atoms with Crippen LogP contribution in [-0.4, -0.2) is 34.3 Å². The Kier molecular flexibility index (Phi) is 6.17. The van der Waals surface area contributed by atoms with E-state index in [4.69, 9.17) is 15.6 Å². The molecule has 0 fully saturated rings. The normalized spacial score (nSPS) is 11.3. The van der Waals surface area contributed by atoms with Crippen molar-refractivity contribution in [2.75, 3.05) is 18.5 Å². The molecule has 0 unspecified atom stereocenters. The molecule has 2 heterocycles. The summed E-state index contributed by atoms with van der Waals surface area (Å²) in [4.78, 5) is 17.1. The van der Waals surface area contributed by atoms with E-state index in [1.54, 1.807) is 38.1 Å². The number of hydrogen-bond acceptors (Lipinski definition) is 7. The summed E-state index contributed by atoms with van der Waals surface area (Å²) in [5.74, 6) is 0.313. The van der Waals surface area contributed by atoms with Gasteiger partial charge in [-0.15, -0.1) is 11.3 Å². The molecular weight excluding hydrogens is 390 g/mol. The zero-order valence-corrected chi connectivity index (χ0v) is 17.0. The first-order valence-electron chi connectivity index (χ1n) is 9.02. The Morgan fingerprint density at radius 3 is 2.59 bits per heavy atom. The van der Waals surface area contributed by atoms with Crippen LogP contribution < -0.4 is 15.8 Å². The number of hydrogen-bond donors (Lipinski definition) is 4. The first-order chi connectivity index (χ1) is 13.8. The van der Waals surface area contributed by atoms with E-state index >= 15 is 0 Å². The lowest BCUT2D eigenvalue weighted by Gasteiger charge is -2.17. The van der Waals surface area contributed by atoms with Gasteiger partial charge in [0.05, 0.1) is 17.8 Å². The number of aliphatic hydroxyl groups excluding tert-OH is 1. The van der Waals surface area contributed by atoms with Crippen molar-refractivity contribution in [3.63, 3.8) is 0 Å². The number of carbonyl (C=O) groups is 1. The minimum Gasteiger partial charge on any atom is -0.475 e. The van der Waals surface area contributed by atoms with E-state index in [9.17, 15) is 9.90 Å². The van der Waals surface area contributed by atoms with Crippen LogP contribution in [0.5, 0.6) is 5.88 Å². The molecule has 1 amide bonds. The highest BCUT2D eigenvalue weighted by atomic mass is 32.1. The number of aliphatic hydroxyl groups is 2. The molecule has 0 bridgehead atoms. The average Bonchev–Trinajstić information content (AvgIpc) is 3.10. The number of amides is 1. The fraction of sp³-hybridized carbons (Fsp3) is 0.238. The standard InChI is InChI=1S/C21H23N3O4S/c1-21(2,27)14-8-6-13(7-9-14)16-12-15(19(22)26)20(29-16)24-17-4-3-5-18(23-17)28-11-10-25/h3-9,12,25,27H,10-11H2,1-2H3,(H2,22,26)(H,23,24). The van der Waals surface area contributed by atoms with Gasteiger partial charge < -0.3 is 26.0 Å². The van der Waals surface area contributed by atoms with Gasteiger partial charge in [0, 0.05) is 10.9 Å². The summed E-state index contributed by atoms with van der Waals surface area (Å²) in [5.41, 5.74) is 6.71.